The Morgan fingerprint density at radius 2 is 2.38 bits per heavy atom. The highest BCUT2D eigenvalue weighted by Crippen LogP contribution is 2.30. The molecule has 2 N–H and O–H groups in total. The summed E-state index contributed by atoms with van der Waals surface area (Å²) in [5.41, 5.74) is -0.0283. The summed E-state index contributed by atoms with van der Waals surface area (Å²) in [4.78, 5) is 11.3. The van der Waals surface area contributed by atoms with Crippen LogP contribution in [0.4, 0.5) is 4.39 Å². The molecule has 3 nitrogen and oxygen atoms in total. The van der Waals surface area contributed by atoms with E-state index in [1.54, 1.807) is 12.1 Å². The van der Waals surface area contributed by atoms with Gasteiger partial charge in [0.1, 0.15) is 5.82 Å². The van der Waals surface area contributed by atoms with Crippen LogP contribution in [0, 0.1) is 11.2 Å². The fourth-order valence-corrected chi connectivity index (χ4v) is 2.19. The van der Waals surface area contributed by atoms with E-state index in [1.165, 1.54) is 12.1 Å². The van der Waals surface area contributed by atoms with E-state index in [0.29, 0.717) is 25.9 Å². The Hall–Kier alpha value is -1.42. The molecule has 1 aliphatic heterocycles. The number of benzene rings is 1. The van der Waals surface area contributed by atoms with Crippen molar-refractivity contribution in [2.45, 2.75) is 12.8 Å². The third kappa shape index (κ3) is 2.07. The summed E-state index contributed by atoms with van der Waals surface area (Å²) >= 11 is 0. The van der Waals surface area contributed by atoms with Crippen molar-refractivity contribution < 1.29 is 14.3 Å². The maximum Gasteiger partial charge on any atom is 0.311 e. The molecule has 1 saturated heterocycles. The molecule has 0 spiro atoms. The average Bonchev–Trinajstić information content (AvgIpc) is 2.67. The van der Waals surface area contributed by atoms with Gasteiger partial charge in [-0.2, -0.15) is 0 Å². The summed E-state index contributed by atoms with van der Waals surface area (Å²) in [5.74, 6) is -1.12. The Bertz CT molecular complexity index is 400. The molecule has 2 rings (SSSR count). The Kier molecular flexibility index (Phi) is 2.92. The van der Waals surface area contributed by atoms with Gasteiger partial charge in [-0.3, -0.25) is 4.79 Å². The molecular formula is C12H14FNO2. The minimum Gasteiger partial charge on any atom is -0.481 e. The van der Waals surface area contributed by atoms with E-state index in [9.17, 15) is 14.3 Å². The van der Waals surface area contributed by atoms with E-state index in [0.717, 1.165) is 5.56 Å². The predicted molar refractivity (Wildman–Crippen MR) is 57.7 cm³/mol. The van der Waals surface area contributed by atoms with Crippen molar-refractivity contribution in [3.8, 4) is 0 Å². The van der Waals surface area contributed by atoms with Gasteiger partial charge < -0.3 is 10.4 Å². The van der Waals surface area contributed by atoms with Gasteiger partial charge in [0.25, 0.3) is 0 Å². The van der Waals surface area contributed by atoms with Crippen molar-refractivity contribution in [1.29, 1.82) is 0 Å². The van der Waals surface area contributed by atoms with Crippen LogP contribution in [0.3, 0.4) is 0 Å². The second kappa shape index (κ2) is 4.22. The number of rotatable bonds is 3. The van der Waals surface area contributed by atoms with Crippen molar-refractivity contribution in [3.05, 3.63) is 35.6 Å². The fraction of sp³-hybridized carbons (Fsp3) is 0.417. The second-order valence-corrected chi connectivity index (χ2v) is 4.32. The Labute approximate surface area is 93.3 Å². The summed E-state index contributed by atoms with van der Waals surface area (Å²) in [5, 5.41) is 12.3. The third-order valence-corrected chi connectivity index (χ3v) is 3.13. The molecule has 0 amide bonds. The lowest BCUT2D eigenvalue weighted by molar-refractivity contribution is -0.147. The minimum absolute atomic E-state index is 0.316. The summed E-state index contributed by atoms with van der Waals surface area (Å²) in [7, 11) is 0. The third-order valence-electron chi connectivity index (χ3n) is 3.13. The molecule has 16 heavy (non-hydrogen) atoms. The van der Waals surface area contributed by atoms with Gasteiger partial charge in [-0.1, -0.05) is 12.1 Å². The maximum atomic E-state index is 13.0. The van der Waals surface area contributed by atoms with E-state index in [2.05, 4.69) is 5.32 Å². The highest BCUT2D eigenvalue weighted by atomic mass is 19.1. The van der Waals surface area contributed by atoms with Crippen LogP contribution in [0.5, 0.6) is 0 Å². The Balaban J connectivity index is 2.21. The van der Waals surface area contributed by atoms with Crippen LogP contribution in [0.1, 0.15) is 12.0 Å². The molecule has 0 bridgehead atoms. The first-order valence-electron chi connectivity index (χ1n) is 5.31. The molecule has 1 aromatic rings. The number of carboxylic acid groups (broad SMARTS) is 1. The Morgan fingerprint density at radius 1 is 1.56 bits per heavy atom. The Morgan fingerprint density at radius 3 is 2.94 bits per heavy atom. The number of aliphatic carboxylic acids is 1. The van der Waals surface area contributed by atoms with E-state index >= 15 is 0 Å². The molecule has 1 fully saturated rings. The zero-order valence-electron chi connectivity index (χ0n) is 8.87. The van der Waals surface area contributed by atoms with Gasteiger partial charge >= 0.3 is 5.97 Å². The van der Waals surface area contributed by atoms with Crippen LogP contribution >= 0.6 is 0 Å². The first-order chi connectivity index (χ1) is 7.62. The summed E-state index contributed by atoms with van der Waals surface area (Å²) in [6.45, 7) is 1.17. The van der Waals surface area contributed by atoms with E-state index in [4.69, 9.17) is 0 Å². The number of carboxylic acids is 1. The quantitative estimate of drug-likeness (QED) is 0.815. The number of nitrogens with one attached hydrogen (secondary N) is 1. The smallest absolute Gasteiger partial charge is 0.311 e. The van der Waals surface area contributed by atoms with Crippen molar-refractivity contribution in [3.63, 3.8) is 0 Å². The van der Waals surface area contributed by atoms with Crippen molar-refractivity contribution in [1.82, 2.24) is 5.32 Å². The number of hydrogen-bond donors (Lipinski definition) is 2. The predicted octanol–water partition coefficient (Wildman–Crippen LogP) is 1.43. The van der Waals surface area contributed by atoms with Crippen molar-refractivity contribution in [2.24, 2.45) is 5.41 Å². The molecule has 1 heterocycles. The van der Waals surface area contributed by atoms with Crippen LogP contribution in [-0.2, 0) is 11.2 Å². The van der Waals surface area contributed by atoms with Crippen LogP contribution in [0.25, 0.3) is 0 Å². The minimum atomic E-state index is -0.804. The molecule has 1 unspecified atom stereocenters. The van der Waals surface area contributed by atoms with Gasteiger partial charge in [0, 0.05) is 6.54 Å². The van der Waals surface area contributed by atoms with Gasteiger partial charge in [0.15, 0.2) is 0 Å². The number of carbonyl (C=O) groups is 1. The van der Waals surface area contributed by atoms with E-state index in [-0.39, 0.29) is 5.82 Å². The largest absolute Gasteiger partial charge is 0.481 e. The summed E-state index contributed by atoms with van der Waals surface area (Å²) < 4.78 is 13.0. The topological polar surface area (TPSA) is 49.3 Å². The SMILES string of the molecule is O=C(O)C1(Cc2cccc(F)c2)CCNC1. The zero-order valence-corrected chi connectivity index (χ0v) is 8.87. The molecule has 0 radical (unpaired) electrons. The molecule has 4 heteroatoms. The molecule has 0 aromatic heterocycles. The van der Waals surface area contributed by atoms with Crippen LogP contribution in [0.2, 0.25) is 0 Å². The summed E-state index contributed by atoms with van der Waals surface area (Å²) in [6, 6.07) is 6.15. The zero-order chi connectivity index (χ0) is 11.6. The molecule has 86 valence electrons. The highest BCUT2D eigenvalue weighted by Gasteiger charge is 2.41. The first-order valence-corrected chi connectivity index (χ1v) is 5.31. The van der Waals surface area contributed by atoms with Gasteiger partial charge in [0.2, 0.25) is 0 Å². The van der Waals surface area contributed by atoms with Gasteiger partial charge in [-0.25, -0.2) is 4.39 Å². The van der Waals surface area contributed by atoms with Gasteiger partial charge in [0.05, 0.1) is 5.41 Å². The molecule has 1 aromatic carbocycles. The lowest BCUT2D eigenvalue weighted by Gasteiger charge is -2.22. The van der Waals surface area contributed by atoms with Crippen LogP contribution in [0.15, 0.2) is 24.3 Å². The maximum absolute atomic E-state index is 13.0. The lowest BCUT2D eigenvalue weighted by Crippen LogP contribution is -2.35. The molecule has 0 saturated carbocycles. The fourth-order valence-electron chi connectivity index (χ4n) is 2.19. The van der Waals surface area contributed by atoms with Gasteiger partial charge in [-0.15, -0.1) is 0 Å². The molecular weight excluding hydrogens is 209 g/mol. The monoisotopic (exact) mass is 223 g/mol. The van der Waals surface area contributed by atoms with Crippen molar-refractivity contribution >= 4 is 5.97 Å². The van der Waals surface area contributed by atoms with E-state index < -0.39 is 11.4 Å². The first kappa shape index (κ1) is 11.1. The lowest BCUT2D eigenvalue weighted by atomic mass is 9.81. The van der Waals surface area contributed by atoms with Crippen LogP contribution in [-0.4, -0.2) is 24.2 Å². The second-order valence-electron chi connectivity index (χ2n) is 4.32. The average molecular weight is 223 g/mol. The number of halogens is 1. The molecule has 1 aliphatic rings. The normalized spacial score (nSPS) is 24.6. The summed E-state index contributed by atoms with van der Waals surface area (Å²) in [6.07, 6.45) is 0.978. The number of hydrogen-bond acceptors (Lipinski definition) is 2. The van der Waals surface area contributed by atoms with E-state index in [1.807, 2.05) is 0 Å². The van der Waals surface area contributed by atoms with Gasteiger partial charge in [-0.05, 0) is 37.1 Å². The standard InChI is InChI=1S/C12H14FNO2/c13-10-3-1-2-9(6-10)7-12(11(15)16)4-5-14-8-12/h1-3,6,14H,4-5,7-8H2,(H,15,16). The molecule has 0 aliphatic carbocycles. The van der Waals surface area contributed by atoms with Crippen molar-refractivity contribution in [2.75, 3.05) is 13.1 Å². The van der Waals surface area contributed by atoms with Crippen LogP contribution < -0.4 is 5.32 Å². The molecule has 1 atom stereocenters. The highest BCUT2D eigenvalue weighted by molar-refractivity contribution is 5.76.